The Morgan fingerprint density at radius 1 is 0.690 bits per heavy atom. The average molecular weight is 937 g/mol. The van der Waals surface area contributed by atoms with Crippen molar-refractivity contribution >= 4 is 56.9 Å². The van der Waals surface area contributed by atoms with Crippen molar-refractivity contribution in [2.24, 2.45) is 0 Å². The van der Waals surface area contributed by atoms with Gasteiger partial charge in [0.05, 0.1) is 25.5 Å². The molecule has 0 fully saturated rings. The van der Waals surface area contributed by atoms with Crippen molar-refractivity contribution in [3.05, 3.63) is 194 Å². The fraction of sp³-hybridized carbons (Fsp3) is 0.0769. The molecule has 7 aromatic carbocycles. The van der Waals surface area contributed by atoms with Crippen LogP contribution >= 0.6 is 0 Å². The Labute approximate surface area is 368 Å². The molecule has 2 aromatic heterocycles. The second-order valence-corrected chi connectivity index (χ2v) is 14.8. The Morgan fingerprint density at radius 2 is 1.36 bits per heavy atom. The van der Waals surface area contributed by atoms with E-state index in [1.54, 1.807) is 28.8 Å². The molecule has 1 aliphatic heterocycles. The molecule has 0 aliphatic carbocycles. The van der Waals surface area contributed by atoms with Crippen molar-refractivity contribution in [1.29, 1.82) is 0 Å². The van der Waals surface area contributed by atoms with Gasteiger partial charge in [-0.25, -0.2) is 4.98 Å². The van der Waals surface area contributed by atoms with Crippen LogP contribution in [-0.2, 0) is 26.5 Å². The van der Waals surface area contributed by atoms with Gasteiger partial charge < -0.3 is 13.9 Å². The quantitative estimate of drug-likeness (QED) is 0.0905. The van der Waals surface area contributed by atoms with Crippen molar-refractivity contribution in [3.8, 4) is 39.6 Å². The first kappa shape index (κ1) is 27.4. The molecule has 0 spiro atoms. The summed E-state index contributed by atoms with van der Waals surface area (Å²) in [5, 5.41) is 2.03. The molecule has 1 aliphatic rings. The van der Waals surface area contributed by atoms with Crippen LogP contribution in [0.4, 0.5) is 11.4 Å². The number of hydrogen-bond donors (Lipinski definition) is 0. The van der Waals surface area contributed by atoms with E-state index in [1.807, 2.05) is 72.9 Å². The summed E-state index contributed by atoms with van der Waals surface area (Å²) in [5.74, 6) is 1.59. The number of fused-ring (bicyclic) bond motifs is 4. The van der Waals surface area contributed by atoms with Gasteiger partial charge in [-0.05, 0) is 68.6 Å². The molecule has 282 valence electrons. The van der Waals surface area contributed by atoms with E-state index in [1.165, 1.54) is 0 Å². The monoisotopic (exact) mass is 936 g/mol. The third-order valence-corrected chi connectivity index (χ3v) is 10.3. The molecule has 6 heteroatoms. The van der Waals surface area contributed by atoms with Gasteiger partial charge in [0.1, 0.15) is 5.82 Å². The Balaban J connectivity index is 0.00000578. The fourth-order valence-corrected chi connectivity index (χ4v) is 7.63. The molecule has 0 bridgehead atoms. The topological polar surface area (TPSA) is 30.1 Å². The first-order chi connectivity index (χ1) is 32.0. The molecule has 0 N–H and O–H groups in total. The number of pyridine rings is 1. The summed E-state index contributed by atoms with van der Waals surface area (Å²) < 4.78 is 97.3. The second kappa shape index (κ2) is 15.2. The Morgan fingerprint density at radius 3 is 2.10 bits per heavy atom. The number of rotatable bonds is 7. The second-order valence-electron chi connectivity index (χ2n) is 14.8. The van der Waals surface area contributed by atoms with Crippen molar-refractivity contribution in [1.82, 2.24) is 14.1 Å². The number of ether oxygens (including phenoxy) is 1. The van der Waals surface area contributed by atoms with Crippen molar-refractivity contribution < 1.29 is 39.5 Å². The number of aromatic nitrogens is 2. The van der Waals surface area contributed by atoms with E-state index in [9.17, 15) is 0 Å². The van der Waals surface area contributed by atoms with Crippen LogP contribution in [0.5, 0.6) is 11.5 Å². The maximum atomic E-state index is 9.00. The Bertz CT molecular complexity index is 3440. The number of nitrogens with zero attached hydrogens (tertiary/aromatic N) is 3. The summed E-state index contributed by atoms with van der Waals surface area (Å²) in [4.78, 5) is 4.79. The van der Waals surface area contributed by atoms with Crippen LogP contribution in [-0.4, -0.2) is 22.4 Å². The SMILES string of the molecule is [2H]c1c([2H])c([2H])c(-c2cccc(-c3c([2H])c([2H])c([2H])c([2H])c3[2H])c2B2[C-]=[N+](c3[c-]c(Oc4[c-]c5c(cc4)c4ccccc4n5-c4cc(C(C)(C)C)ccn4)ccc3)c3ccccc32)c([2H])c1[2H].[Pt]. The number of benzene rings is 7. The summed E-state index contributed by atoms with van der Waals surface area (Å²) in [7, 11) is 0. The summed E-state index contributed by atoms with van der Waals surface area (Å²) in [6, 6.07) is 35.9. The zero-order chi connectivity index (χ0) is 47.2. The van der Waals surface area contributed by atoms with Crippen LogP contribution in [0.2, 0.25) is 0 Å². The van der Waals surface area contributed by atoms with Crippen LogP contribution in [0.1, 0.15) is 40.0 Å². The third-order valence-electron chi connectivity index (χ3n) is 10.3. The van der Waals surface area contributed by atoms with Crippen molar-refractivity contribution in [2.75, 3.05) is 0 Å². The molecule has 4 nitrogen and oxygen atoms in total. The van der Waals surface area contributed by atoms with Gasteiger partial charge in [-0.1, -0.05) is 152 Å². The van der Waals surface area contributed by atoms with E-state index < -0.39 is 67.1 Å². The third kappa shape index (κ3) is 6.70. The summed E-state index contributed by atoms with van der Waals surface area (Å²) in [6.45, 7) is 5.66. The average Bonchev–Trinajstić information content (AvgIpc) is 3.87. The van der Waals surface area contributed by atoms with Gasteiger partial charge in [-0.15, -0.1) is 29.7 Å². The van der Waals surface area contributed by atoms with E-state index in [0.29, 0.717) is 33.8 Å². The normalized spacial score (nSPS) is 14.7. The molecule has 0 saturated heterocycles. The van der Waals surface area contributed by atoms with Crippen molar-refractivity contribution in [3.63, 3.8) is 0 Å². The van der Waals surface area contributed by atoms with Gasteiger partial charge in [0.2, 0.25) is 6.71 Å². The smallest absolute Gasteiger partial charge is 0.239 e. The molecule has 0 amide bonds. The van der Waals surface area contributed by atoms with Crippen LogP contribution in [0, 0.1) is 12.1 Å². The molecule has 9 aromatic rings. The van der Waals surface area contributed by atoms with Gasteiger partial charge in [-0.3, -0.25) is 0 Å². The van der Waals surface area contributed by atoms with Crippen LogP contribution in [0.3, 0.4) is 0 Å². The molecular formula is C52H38BN3OPt-2. The minimum atomic E-state index is -0.848. The minimum absolute atomic E-state index is 0. The zero-order valence-corrected chi connectivity index (χ0v) is 33.9. The predicted molar refractivity (Wildman–Crippen MR) is 237 cm³/mol. The van der Waals surface area contributed by atoms with E-state index in [4.69, 9.17) is 23.4 Å². The number of hydrogen-bond acceptors (Lipinski definition) is 2. The maximum Gasteiger partial charge on any atom is 0.239 e. The zero-order valence-electron chi connectivity index (χ0n) is 41.6. The molecule has 0 saturated carbocycles. The van der Waals surface area contributed by atoms with Gasteiger partial charge in [0.25, 0.3) is 0 Å². The van der Waals surface area contributed by atoms with E-state index >= 15 is 0 Å². The molecular weight excluding hydrogens is 888 g/mol. The van der Waals surface area contributed by atoms with Gasteiger partial charge >= 0.3 is 0 Å². The molecule has 0 atom stereocenters. The van der Waals surface area contributed by atoms with Gasteiger partial charge in [0, 0.05) is 44.3 Å². The van der Waals surface area contributed by atoms with E-state index in [0.717, 1.165) is 33.2 Å². The fourth-order valence-electron chi connectivity index (χ4n) is 7.63. The Kier molecular flexibility index (Phi) is 7.19. The molecule has 58 heavy (non-hydrogen) atoms. The minimum Gasteiger partial charge on any atom is -0.510 e. The molecule has 10 rings (SSSR count). The van der Waals surface area contributed by atoms with E-state index in [-0.39, 0.29) is 48.7 Å². The summed E-state index contributed by atoms with van der Waals surface area (Å²) in [6.07, 6.45) is 5.39. The first-order valence-corrected chi connectivity index (χ1v) is 18.6. The summed E-state index contributed by atoms with van der Waals surface area (Å²) >= 11 is 0. The summed E-state index contributed by atoms with van der Waals surface area (Å²) in [5.41, 5.74) is 5.33. The maximum absolute atomic E-state index is 9.00. The van der Waals surface area contributed by atoms with Gasteiger partial charge in [0.15, 0.2) is 0 Å². The standard InChI is InChI=1S/C52H38BN3O.Pt/c1-52(2,3)38-30-31-54-50(32-38)56-47-26-12-10-22-44(47)45-29-28-41(34-49(45)56)57-40-21-14-20-39(33-40)55-35-53(46-25-11-13-27-48(46)55)51-42(36-16-6-4-7-17-36)23-15-24-43(51)37-18-8-5-9-19-37;/h4-32H,1-3H3;/q-2;/i4D,5D,6D,7D,8D,9D,16D,17D,18D,19D;. The Hall–Kier alpha value is -6.29. The largest absolute Gasteiger partial charge is 0.510 e. The van der Waals surface area contributed by atoms with Crippen LogP contribution in [0.25, 0.3) is 49.9 Å². The van der Waals surface area contributed by atoms with E-state index in [2.05, 4.69) is 61.8 Å². The molecule has 3 heterocycles. The first-order valence-electron chi connectivity index (χ1n) is 23.6. The molecule has 0 radical (unpaired) electrons. The predicted octanol–water partition coefficient (Wildman–Crippen LogP) is 11.1. The van der Waals surface area contributed by atoms with Gasteiger partial charge in [-0.2, -0.15) is 18.2 Å². The van der Waals surface area contributed by atoms with Crippen LogP contribution < -0.4 is 20.2 Å². The van der Waals surface area contributed by atoms with Crippen LogP contribution in [0.15, 0.2) is 176 Å². The van der Waals surface area contributed by atoms with Crippen molar-refractivity contribution in [2.45, 2.75) is 26.2 Å². The number of para-hydroxylation sites is 2. The molecule has 0 unspecified atom stereocenters.